The molecule has 0 spiro atoms. The molecule has 1 aliphatic heterocycles. The van der Waals surface area contributed by atoms with E-state index in [1.54, 1.807) is 0 Å². The van der Waals surface area contributed by atoms with Crippen molar-refractivity contribution in [3.63, 3.8) is 0 Å². The van der Waals surface area contributed by atoms with E-state index in [-0.39, 0.29) is 0 Å². The van der Waals surface area contributed by atoms with Crippen molar-refractivity contribution in [2.45, 2.75) is 52.1 Å². The quantitative estimate of drug-likeness (QED) is 0.692. The van der Waals surface area contributed by atoms with Crippen molar-refractivity contribution in [1.82, 2.24) is 10.2 Å². The number of hydrogen-bond acceptors (Lipinski definition) is 3. The van der Waals surface area contributed by atoms with Crippen LogP contribution in [-0.4, -0.2) is 50.3 Å². The van der Waals surface area contributed by atoms with Gasteiger partial charge in [-0.2, -0.15) is 0 Å². The molecule has 0 saturated carbocycles. The van der Waals surface area contributed by atoms with E-state index >= 15 is 0 Å². The van der Waals surface area contributed by atoms with E-state index in [1.165, 1.54) is 19.4 Å². The first-order chi connectivity index (χ1) is 8.09. The molecule has 0 bridgehead atoms. The van der Waals surface area contributed by atoms with Crippen molar-refractivity contribution in [3.8, 4) is 0 Å². The minimum absolute atomic E-state index is 0.651. The van der Waals surface area contributed by atoms with Crippen molar-refractivity contribution in [2.24, 2.45) is 5.92 Å². The Kier molecular flexibility index (Phi) is 7.09. The van der Waals surface area contributed by atoms with Crippen LogP contribution in [0.25, 0.3) is 0 Å². The molecule has 0 radical (unpaired) electrons. The number of nitrogens with zero attached hydrogens (tertiary/aromatic N) is 1. The molecule has 3 heteroatoms. The zero-order valence-corrected chi connectivity index (χ0v) is 12.0. The van der Waals surface area contributed by atoms with E-state index in [0.29, 0.717) is 12.0 Å². The van der Waals surface area contributed by atoms with Crippen molar-refractivity contribution < 1.29 is 4.74 Å². The molecule has 1 heterocycles. The first kappa shape index (κ1) is 14.9. The predicted octanol–water partition coefficient (Wildman–Crippen LogP) is 2.12. The Balaban J connectivity index is 1.96. The van der Waals surface area contributed by atoms with E-state index in [4.69, 9.17) is 4.74 Å². The molecule has 2 unspecified atom stereocenters. The number of ether oxygens (including phenoxy) is 1. The van der Waals surface area contributed by atoms with Crippen LogP contribution in [0.1, 0.15) is 40.0 Å². The van der Waals surface area contributed by atoms with Gasteiger partial charge in [-0.05, 0) is 52.2 Å². The molecule has 0 aromatic heterocycles. The first-order valence-corrected chi connectivity index (χ1v) is 7.11. The molecule has 1 aliphatic rings. The molecular weight excluding hydrogens is 212 g/mol. The number of likely N-dealkylation sites (tertiary alicyclic amines) is 1. The van der Waals surface area contributed by atoms with Gasteiger partial charge in [0.2, 0.25) is 0 Å². The molecule has 1 rings (SSSR count). The van der Waals surface area contributed by atoms with Crippen molar-refractivity contribution >= 4 is 0 Å². The van der Waals surface area contributed by atoms with Crippen molar-refractivity contribution in [1.29, 1.82) is 0 Å². The summed E-state index contributed by atoms with van der Waals surface area (Å²) >= 11 is 0. The average molecular weight is 242 g/mol. The van der Waals surface area contributed by atoms with Crippen LogP contribution in [0.4, 0.5) is 0 Å². The van der Waals surface area contributed by atoms with Gasteiger partial charge >= 0.3 is 0 Å². The van der Waals surface area contributed by atoms with E-state index < -0.39 is 0 Å². The SMILES string of the molecule is CC(C)COCCCNC1CCN(C)C(C)C1. The highest BCUT2D eigenvalue weighted by atomic mass is 16.5. The summed E-state index contributed by atoms with van der Waals surface area (Å²) in [7, 11) is 2.22. The minimum Gasteiger partial charge on any atom is -0.381 e. The summed E-state index contributed by atoms with van der Waals surface area (Å²) in [6.45, 7) is 10.8. The summed E-state index contributed by atoms with van der Waals surface area (Å²) in [5.41, 5.74) is 0. The second-order valence-corrected chi connectivity index (χ2v) is 5.83. The third-order valence-corrected chi connectivity index (χ3v) is 3.56. The molecule has 0 aromatic carbocycles. The normalized spacial score (nSPS) is 26.6. The largest absolute Gasteiger partial charge is 0.381 e. The predicted molar refractivity (Wildman–Crippen MR) is 73.4 cm³/mol. The van der Waals surface area contributed by atoms with Gasteiger partial charge in [-0.25, -0.2) is 0 Å². The summed E-state index contributed by atoms with van der Waals surface area (Å²) in [6, 6.07) is 1.43. The van der Waals surface area contributed by atoms with E-state index in [2.05, 4.69) is 38.0 Å². The summed E-state index contributed by atoms with van der Waals surface area (Å²) in [5.74, 6) is 0.651. The maximum Gasteiger partial charge on any atom is 0.0489 e. The molecule has 0 amide bonds. The summed E-state index contributed by atoms with van der Waals surface area (Å²) in [5, 5.41) is 3.65. The van der Waals surface area contributed by atoms with Crippen LogP contribution in [0.3, 0.4) is 0 Å². The summed E-state index contributed by atoms with van der Waals surface area (Å²) in [4.78, 5) is 2.45. The molecule has 102 valence electrons. The monoisotopic (exact) mass is 242 g/mol. The van der Waals surface area contributed by atoms with E-state index in [1.807, 2.05) is 0 Å². The van der Waals surface area contributed by atoms with Gasteiger partial charge in [0.1, 0.15) is 0 Å². The van der Waals surface area contributed by atoms with Gasteiger partial charge in [-0.1, -0.05) is 13.8 Å². The van der Waals surface area contributed by atoms with Crippen LogP contribution in [0, 0.1) is 5.92 Å². The van der Waals surface area contributed by atoms with E-state index in [0.717, 1.165) is 32.2 Å². The zero-order valence-electron chi connectivity index (χ0n) is 12.0. The highest BCUT2D eigenvalue weighted by Crippen LogP contribution is 2.14. The lowest BCUT2D eigenvalue weighted by Crippen LogP contribution is -2.45. The van der Waals surface area contributed by atoms with Crippen LogP contribution < -0.4 is 5.32 Å². The standard InChI is InChI=1S/C14H30N2O/c1-12(2)11-17-9-5-7-15-14-6-8-16(4)13(3)10-14/h12-15H,5-11H2,1-4H3. The number of nitrogens with one attached hydrogen (secondary N) is 1. The fourth-order valence-electron chi connectivity index (χ4n) is 2.27. The van der Waals surface area contributed by atoms with E-state index in [9.17, 15) is 0 Å². The molecule has 17 heavy (non-hydrogen) atoms. The highest BCUT2D eigenvalue weighted by Gasteiger charge is 2.21. The first-order valence-electron chi connectivity index (χ1n) is 7.11. The van der Waals surface area contributed by atoms with Gasteiger partial charge in [0.25, 0.3) is 0 Å². The average Bonchev–Trinajstić information content (AvgIpc) is 2.27. The Bertz CT molecular complexity index is 197. The molecule has 2 atom stereocenters. The maximum absolute atomic E-state index is 5.57. The molecular formula is C14H30N2O. The molecule has 0 aromatic rings. The van der Waals surface area contributed by atoms with Crippen molar-refractivity contribution in [3.05, 3.63) is 0 Å². The van der Waals surface area contributed by atoms with Gasteiger partial charge in [-0.3, -0.25) is 0 Å². The number of hydrogen-bond donors (Lipinski definition) is 1. The van der Waals surface area contributed by atoms with Crippen LogP contribution in [-0.2, 0) is 4.74 Å². The Morgan fingerprint density at radius 3 is 2.82 bits per heavy atom. The fraction of sp³-hybridized carbons (Fsp3) is 1.00. The topological polar surface area (TPSA) is 24.5 Å². The van der Waals surface area contributed by atoms with Gasteiger partial charge < -0.3 is 15.0 Å². The Labute approximate surface area is 107 Å². The molecule has 3 nitrogen and oxygen atoms in total. The fourth-order valence-corrected chi connectivity index (χ4v) is 2.27. The van der Waals surface area contributed by atoms with Gasteiger partial charge in [0.15, 0.2) is 0 Å². The van der Waals surface area contributed by atoms with Crippen LogP contribution >= 0.6 is 0 Å². The van der Waals surface area contributed by atoms with Gasteiger partial charge in [0.05, 0.1) is 0 Å². The minimum atomic E-state index is 0.651. The van der Waals surface area contributed by atoms with Gasteiger partial charge in [-0.15, -0.1) is 0 Å². The maximum atomic E-state index is 5.57. The molecule has 0 aliphatic carbocycles. The Hall–Kier alpha value is -0.120. The van der Waals surface area contributed by atoms with Crippen molar-refractivity contribution in [2.75, 3.05) is 33.4 Å². The Morgan fingerprint density at radius 1 is 1.41 bits per heavy atom. The third kappa shape index (κ3) is 6.39. The highest BCUT2D eigenvalue weighted by molar-refractivity contribution is 4.80. The van der Waals surface area contributed by atoms with Crippen LogP contribution in [0.5, 0.6) is 0 Å². The molecule has 1 saturated heterocycles. The van der Waals surface area contributed by atoms with Crippen LogP contribution in [0.2, 0.25) is 0 Å². The Morgan fingerprint density at radius 2 is 2.18 bits per heavy atom. The summed E-state index contributed by atoms with van der Waals surface area (Å²) < 4.78 is 5.57. The zero-order chi connectivity index (χ0) is 12.7. The number of rotatable bonds is 7. The third-order valence-electron chi connectivity index (χ3n) is 3.56. The van der Waals surface area contributed by atoms with Gasteiger partial charge in [0, 0.05) is 25.3 Å². The second-order valence-electron chi connectivity index (χ2n) is 5.83. The molecule has 1 fully saturated rings. The lowest BCUT2D eigenvalue weighted by molar-refractivity contribution is 0.105. The number of piperidine rings is 1. The van der Waals surface area contributed by atoms with Crippen LogP contribution in [0.15, 0.2) is 0 Å². The second kappa shape index (κ2) is 8.06. The molecule has 1 N–H and O–H groups in total. The smallest absolute Gasteiger partial charge is 0.0489 e. The lowest BCUT2D eigenvalue weighted by Gasteiger charge is -2.35. The lowest BCUT2D eigenvalue weighted by atomic mass is 9.99. The summed E-state index contributed by atoms with van der Waals surface area (Å²) in [6.07, 6.45) is 3.70.